The van der Waals surface area contributed by atoms with Gasteiger partial charge in [-0.1, -0.05) is 48.2 Å². The van der Waals surface area contributed by atoms with E-state index in [0.717, 1.165) is 39.2 Å². The third-order valence-electron chi connectivity index (χ3n) is 4.40. The minimum atomic E-state index is -0.896. The van der Waals surface area contributed by atoms with Gasteiger partial charge in [0.05, 0.1) is 11.5 Å². The summed E-state index contributed by atoms with van der Waals surface area (Å²) in [4.78, 5) is 21.9. The van der Waals surface area contributed by atoms with Gasteiger partial charge in [0.25, 0.3) is 0 Å². The summed E-state index contributed by atoms with van der Waals surface area (Å²) in [6.45, 7) is 0. The molecule has 0 atom stereocenters. The fourth-order valence-electron chi connectivity index (χ4n) is 3.08. The van der Waals surface area contributed by atoms with Gasteiger partial charge in [0.15, 0.2) is 0 Å². The zero-order valence-electron chi connectivity index (χ0n) is 14.7. The maximum absolute atomic E-state index is 11.2. The predicted molar refractivity (Wildman–Crippen MR) is 114 cm³/mol. The lowest BCUT2D eigenvalue weighted by Gasteiger charge is -2.08. The molecule has 4 rings (SSSR count). The first-order valence-corrected chi connectivity index (χ1v) is 9.57. The molecule has 0 fully saturated rings. The Morgan fingerprint density at radius 1 is 0.964 bits per heavy atom. The van der Waals surface area contributed by atoms with Crippen LogP contribution in [0.25, 0.3) is 21.9 Å². The van der Waals surface area contributed by atoms with Crippen LogP contribution in [0.5, 0.6) is 0 Å². The number of carboxylic acids is 1. The average Bonchev–Trinajstić information content (AvgIpc) is 3.20. The topological polar surface area (TPSA) is 91.5 Å². The number of aliphatic carboxylic acids is 1. The molecule has 0 amide bonds. The Labute approximate surface area is 165 Å². The Bertz CT molecular complexity index is 1150. The summed E-state index contributed by atoms with van der Waals surface area (Å²) >= 11 is 1.15. The molecule has 0 unspecified atom stereocenters. The van der Waals surface area contributed by atoms with Crippen molar-refractivity contribution in [2.45, 2.75) is 6.42 Å². The van der Waals surface area contributed by atoms with Gasteiger partial charge in [0.1, 0.15) is 10.7 Å². The van der Waals surface area contributed by atoms with Gasteiger partial charge in [-0.15, -0.1) is 10.0 Å². The average molecular weight is 389 g/mol. The van der Waals surface area contributed by atoms with Gasteiger partial charge >= 0.3 is 5.97 Å². The standard InChI is InChI=1S/C21H15N3O3S/c25-21(26)12-28-20-11-19(22-23-20)17-8-16(9-18(10-17)24-27)15-6-5-13-3-1-2-4-14(13)7-15/h1-10H,11-12H2,(H,25,26). The van der Waals surface area contributed by atoms with Gasteiger partial charge in [-0.25, -0.2) is 0 Å². The largest absolute Gasteiger partial charge is 0.481 e. The van der Waals surface area contributed by atoms with E-state index in [0.29, 0.717) is 22.9 Å². The minimum Gasteiger partial charge on any atom is -0.481 e. The number of carboxylic acid groups (broad SMARTS) is 1. The highest BCUT2D eigenvalue weighted by Crippen LogP contribution is 2.30. The van der Waals surface area contributed by atoms with E-state index >= 15 is 0 Å². The number of carbonyl (C=O) groups is 1. The van der Waals surface area contributed by atoms with Crippen LogP contribution < -0.4 is 0 Å². The zero-order chi connectivity index (χ0) is 19.5. The predicted octanol–water partition coefficient (Wildman–Crippen LogP) is 5.23. The Morgan fingerprint density at radius 2 is 1.75 bits per heavy atom. The first kappa shape index (κ1) is 18.1. The molecule has 0 radical (unpaired) electrons. The van der Waals surface area contributed by atoms with Crippen molar-refractivity contribution < 1.29 is 9.90 Å². The van der Waals surface area contributed by atoms with Gasteiger partial charge in [0, 0.05) is 12.0 Å². The lowest BCUT2D eigenvalue weighted by Crippen LogP contribution is -2.05. The van der Waals surface area contributed by atoms with Gasteiger partial charge in [-0.05, 0) is 51.3 Å². The third-order valence-corrected chi connectivity index (χ3v) is 5.35. The highest BCUT2D eigenvalue weighted by molar-refractivity contribution is 8.14. The van der Waals surface area contributed by atoms with Gasteiger partial charge in [-0.2, -0.15) is 5.10 Å². The molecule has 1 aliphatic heterocycles. The number of hydrogen-bond donors (Lipinski definition) is 1. The Balaban J connectivity index is 1.65. The molecule has 138 valence electrons. The zero-order valence-corrected chi connectivity index (χ0v) is 15.5. The molecule has 6 nitrogen and oxygen atoms in total. The number of rotatable bonds is 5. The number of benzene rings is 3. The number of thioether (sulfide) groups is 1. The van der Waals surface area contributed by atoms with Gasteiger partial charge in [-0.3, -0.25) is 4.79 Å². The van der Waals surface area contributed by atoms with E-state index in [1.165, 1.54) is 0 Å². The van der Waals surface area contributed by atoms with Crippen molar-refractivity contribution >= 4 is 44.9 Å². The molecule has 7 heteroatoms. The van der Waals surface area contributed by atoms with E-state index in [1.807, 2.05) is 36.4 Å². The van der Waals surface area contributed by atoms with E-state index in [4.69, 9.17) is 5.11 Å². The summed E-state index contributed by atoms with van der Waals surface area (Å²) in [6.07, 6.45) is 0.442. The van der Waals surface area contributed by atoms with Crippen LogP contribution in [0.1, 0.15) is 12.0 Å². The molecule has 1 N–H and O–H groups in total. The van der Waals surface area contributed by atoms with E-state index in [-0.39, 0.29) is 5.75 Å². The Kier molecular flexibility index (Phi) is 4.99. The van der Waals surface area contributed by atoms with Crippen molar-refractivity contribution in [2.75, 3.05) is 5.75 Å². The highest BCUT2D eigenvalue weighted by Gasteiger charge is 2.18. The monoisotopic (exact) mass is 389 g/mol. The van der Waals surface area contributed by atoms with Crippen molar-refractivity contribution in [3.05, 3.63) is 71.1 Å². The highest BCUT2D eigenvalue weighted by atomic mass is 32.2. The van der Waals surface area contributed by atoms with Crippen LogP contribution in [0.3, 0.4) is 0 Å². The van der Waals surface area contributed by atoms with Crippen molar-refractivity contribution in [2.24, 2.45) is 15.4 Å². The van der Waals surface area contributed by atoms with Crippen molar-refractivity contribution in [3.8, 4) is 11.1 Å². The second kappa shape index (κ2) is 7.74. The number of nitroso groups, excluding NO2 is 1. The van der Waals surface area contributed by atoms with Gasteiger partial charge < -0.3 is 5.11 Å². The molecule has 0 saturated carbocycles. The van der Waals surface area contributed by atoms with Crippen molar-refractivity contribution in [3.63, 3.8) is 0 Å². The van der Waals surface area contributed by atoms with Crippen molar-refractivity contribution in [1.29, 1.82) is 0 Å². The molecule has 0 bridgehead atoms. The van der Waals surface area contributed by atoms with E-state index < -0.39 is 5.97 Å². The fraction of sp³-hybridized carbons (Fsp3) is 0.0952. The molecule has 0 saturated heterocycles. The normalized spacial score (nSPS) is 13.3. The lowest BCUT2D eigenvalue weighted by atomic mass is 9.97. The van der Waals surface area contributed by atoms with Crippen LogP contribution in [-0.2, 0) is 4.79 Å². The summed E-state index contributed by atoms with van der Waals surface area (Å²) in [5, 5.41) is 23.0. The number of fused-ring (bicyclic) bond motifs is 1. The molecular formula is C21H15N3O3S. The van der Waals surface area contributed by atoms with E-state index in [9.17, 15) is 9.70 Å². The van der Waals surface area contributed by atoms with Crippen LogP contribution in [0, 0.1) is 4.91 Å². The lowest BCUT2D eigenvalue weighted by molar-refractivity contribution is -0.133. The number of hydrogen-bond acceptors (Lipinski definition) is 6. The maximum atomic E-state index is 11.2. The first-order valence-electron chi connectivity index (χ1n) is 8.58. The van der Waals surface area contributed by atoms with Crippen LogP contribution in [0.4, 0.5) is 5.69 Å². The molecule has 1 heterocycles. The van der Waals surface area contributed by atoms with Crippen LogP contribution in [-0.4, -0.2) is 27.6 Å². The summed E-state index contributed by atoms with van der Waals surface area (Å²) in [5.41, 5.74) is 3.61. The number of nitrogens with zero attached hydrogens (tertiary/aromatic N) is 3. The molecule has 0 aromatic heterocycles. The summed E-state index contributed by atoms with van der Waals surface area (Å²) in [6, 6.07) is 19.6. The fourth-order valence-corrected chi connectivity index (χ4v) is 3.71. The van der Waals surface area contributed by atoms with Crippen LogP contribution >= 0.6 is 11.8 Å². The minimum absolute atomic E-state index is 0.0556. The SMILES string of the molecule is O=Nc1cc(C2=NN=C(SCC(=O)O)C2)cc(-c2ccc3ccccc3c2)c1. The summed E-state index contributed by atoms with van der Waals surface area (Å²) in [5.74, 6) is -0.952. The van der Waals surface area contributed by atoms with Crippen molar-refractivity contribution in [1.82, 2.24) is 0 Å². The molecule has 28 heavy (non-hydrogen) atoms. The molecule has 3 aromatic rings. The van der Waals surface area contributed by atoms with Crippen LogP contribution in [0.2, 0.25) is 0 Å². The molecular weight excluding hydrogens is 374 g/mol. The smallest absolute Gasteiger partial charge is 0.313 e. The Morgan fingerprint density at radius 3 is 2.54 bits per heavy atom. The van der Waals surface area contributed by atoms with Crippen LogP contribution in [0.15, 0.2) is 76.0 Å². The molecule has 0 spiro atoms. The summed E-state index contributed by atoms with van der Waals surface area (Å²) < 4.78 is 0. The quantitative estimate of drug-likeness (QED) is 0.605. The molecule has 3 aromatic carbocycles. The van der Waals surface area contributed by atoms with E-state index in [1.54, 1.807) is 12.1 Å². The summed E-state index contributed by atoms with van der Waals surface area (Å²) in [7, 11) is 0. The first-order chi connectivity index (χ1) is 13.6. The third kappa shape index (κ3) is 3.84. The van der Waals surface area contributed by atoms with E-state index in [2.05, 4.69) is 27.5 Å². The molecule has 1 aliphatic rings. The molecule has 0 aliphatic carbocycles. The maximum Gasteiger partial charge on any atom is 0.313 e. The second-order valence-electron chi connectivity index (χ2n) is 6.32. The second-order valence-corrected chi connectivity index (χ2v) is 7.37. The van der Waals surface area contributed by atoms with Gasteiger partial charge in [0.2, 0.25) is 0 Å². The Hall–Kier alpha value is -3.32.